The number of halogens is 2. The molecule has 0 bridgehead atoms. The van der Waals surface area contributed by atoms with Gasteiger partial charge in [0.2, 0.25) is 0 Å². The molecule has 0 amide bonds. The van der Waals surface area contributed by atoms with Gasteiger partial charge in [-0.15, -0.1) is 69.1 Å². The normalized spacial score (nSPS) is 11.7. The molecule has 50 heavy (non-hydrogen) atoms. The Labute approximate surface area is 325 Å². The van der Waals surface area contributed by atoms with Crippen LogP contribution in [-0.4, -0.2) is 9.52 Å². The minimum atomic E-state index is -0.826. The van der Waals surface area contributed by atoms with Crippen molar-refractivity contribution in [2.24, 2.45) is 0 Å². The fraction of sp³-hybridized carbons (Fsp3) is 0.348. The molecule has 0 fully saturated rings. The average Bonchev–Trinajstić information content (AvgIpc) is 3.76. The van der Waals surface area contributed by atoms with Gasteiger partial charge in [0.15, 0.2) is 0 Å². The van der Waals surface area contributed by atoms with Gasteiger partial charge < -0.3 is 0 Å². The van der Waals surface area contributed by atoms with Crippen molar-refractivity contribution in [3.05, 3.63) is 131 Å². The van der Waals surface area contributed by atoms with Crippen LogP contribution in [0.5, 0.6) is 0 Å². The second-order valence-electron chi connectivity index (χ2n) is 13.3. The molecule has 0 N–H and O–H groups in total. The van der Waals surface area contributed by atoms with E-state index >= 15 is 0 Å². The fourth-order valence-corrected chi connectivity index (χ4v) is 6.42. The Morgan fingerprint density at radius 1 is 0.580 bits per heavy atom. The molecule has 6 rings (SSSR count). The molecule has 0 aliphatic rings. The summed E-state index contributed by atoms with van der Waals surface area (Å²) in [7, 11) is 11.0. The van der Waals surface area contributed by atoms with E-state index in [0.29, 0.717) is 11.8 Å². The Balaban J connectivity index is 0.000000234. The molecule has 4 heteroatoms. The number of aryl methyl sites for hydroxylation is 2. The summed E-state index contributed by atoms with van der Waals surface area (Å²) in [4.78, 5) is 0. The third-order valence-corrected chi connectivity index (χ3v) is 9.50. The first-order chi connectivity index (χ1) is 24.3. The predicted octanol–water partition coefficient (Wildman–Crippen LogP) is 15.5. The van der Waals surface area contributed by atoms with Gasteiger partial charge in [0.05, 0.1) is 0 Å². The van der Waals surface area contributed by atoms with Gasteiger partial charge in [0, 0.05) is 9.52 Å². The van der Waals surface area contributed by atoms with Gasteiger partial charge in [0.1, 0.15) is 0 Å². The van der Waals surface area contributed by atoms with Crippen LogP contribution >= 0.6 is 17.0 Å². The second-order valence-corrected chi connectivity index (χ2v) is 18.0. The standard InChI is InChI=1S/2C22H25.C2H6Si.2ClH.Zr/c2*1-4-7-17-14-20-8-6-9-21(22(20)15-17)19-12-10-18(11-13-19)16(3)5-2;1-3-2;;;/h2*6,8-16H,4-5,7H2,1-3H3;1-2H3;2*1H;/q2*-1;;;;+4/p-2. The van der Waals surface area contributed by atoms with E-state index in [0.717, 1.165) is 9.52 Å². The van der Waals surface area contributed by atoms with Crippen LogP contribution in [0.3, 0.4) is 0 Å². The number of benzene rings is 4. The van der Waals surface area contributed by atoms with Crippen LogP contribution in [0.1, 0.15) is 101 Å². The molecule has 0 aromatic heterocycles. The van der Waals surface area contributed by atoms with Gasteiger partial charge in [-0.2, -0.15) is 12.1 Å². The van der Waals surface area contributed by atoms with Gasteiger partial charge >= 0.3 is 37.9 Å². The summed E-state index contributed by atoms with van der Waals surface area (Å²) in [6.45, 7) is 17.9. The number of hydrogen-bond acceptors (Lipinski definition) is 0. The predicted molar refractivity (Wildman–Crippen MR) is 225 cm³/mol. The first kappa shape index (κ1) is 42.2. The van der Waals surface area contributed by atoms with Crippen molar-refractivity contribution in [1.29, 1.82) is 0 Å². The summed E-state index contributed by atoms with van der Waals surface area (Å²) >= 11 is -0.826. The van der Waals surface area contributed by atoms with E-state index in [9.17, 15) is 0 Å². The molecular weight excluding hydrogens is 743 g/mol. The van der Waals surface area contributed by atoms with Crippen LogP contribution in [0.4, 0.5) is 0 Å². The molecule has 0 saturated carbocycles. The van der Waals surface area contributed by atoms with Crippen molar-refractivity contribution in [3.63, 3.8) is 0 Å². The Morgan fingerprint density at radius 2 is 0.920 bits per heavy atom. The maximum absolute atomic E-state index is 4.93. The fourth-order valence-electron chi connectivity index (χ4n) is 6.42. The van der Waals surface area contributed by atoms with Crippen LogP contribution in [-0.2, 0) is 33.7 Å². The second kappa shape index (κ2) is 22.7. The van der Waals surface area contributed by atoms with Crippen molar-refractivity contribution in [3.8, 4) is 22.3 Å². The van der Waals surface area contributed by atoms with Crippen molar-refractivity contribution in [2.45, 2.75) is 105 Å². The monoisotopic (exact) mass is 796 g/mol. The molecule has 0 aliphatic carbocycles. The van der Waals surface area contributed by atoms with Crippen molar-refractivity contribution >= 4 is 48.1 Å². The summed E-state index contributed by atoms with van der Waals surface area (Å²) in [5, 5.41) is 5.52. The summed E-state index contributed by atoms with van der Waals surface area (Å²) in [6.07, 6.45) is 7.13. The number of rotatable bonds is 10. The molecule has 2 unspecified atom stereocenters. The molecule has 0 nitrogen and oxygen atoms in total. The zero-order chi connectivity index (χ0) is 36.5. The van der Waals surface area contributed by atoms with Gasteiger partial charge in [-0.05, 0) is 59.8 Å². The molecular formula is C46H56Cl2SiZr. The van der Waals surface area contributed by atoms with Crippen LogP contribution in [0, 0.1) is 0 Å². The number of hydrogen-bond donors (Lipinski definition) is 0. The third-order valence-electron chi connectivity index (χ3n) is 9.50. The van der Waals surface area contributed by atoms with Gasteiger partial charge in [-0.3, -0.25) is 0 Å². The van der Waals surface area contributed by atoms with Crippen LogP contribution in [0.2, 0.25) is 13.1 Å². The first-order valence-electron chi connectivity index (χ1n) is 18.4. The Morgan fingerprint density at radius 3 is 1.22 bits per heavy atom. The van der Waals surface area contributed by atoms with Gasteiger partial charge in [-0.25, -0.2) is 0 Å². The van der Waals surface area contributed by atoms with E-state index in [1.165, 1.54) is 105 Å². The quantitative estimate of drug-likeness (QED) is 0.0956. The van der Waals surface area contributed by atoms with E-state index in [1.54, 1.807) is 0 Å². The summed E-state index contributed by atoms with van der Waals surface area (Å²) < 4.78 is 0. The van der Waals surface area contributed by atoms with E-state index in [1.807, 2.05) is 0 Å². The summed E-state index contributed by atoms with van der Waals surface area (Å²) in [5.41, 5.74) is 11.2. The van der Waals surface area contributed by atoms with Crippen molar-refractivity contribution in [2.75, 3.05) is 0 Å². The summed E-state index contributed by atoms with van der Waals surface area (Å²) in [6, 6.07) is 41.0. The molecule has 2 radical (unpaired) electrons. The van der Waals surface area contributed by atoms with Crippen molar-refractivity contribution < 1.29 is 20.8 Å². The Kier molecular flexibility index (Phi) is 19.1. The maximum atomic E-state index is 4.93. The van der Waals surface area contributed by atoms with Crippen LogP contribution < -0.4 is 0 Å². The summed E-state index contributed by atoms with van der Waals surface area (Å²) in [5.74, 6) is 1.28. The van der Waals surface area contributed by atoms with Gasteiger partial charge in [0.25, 0.3) is 0 Å². The SMILES string of the molecule is CCCc1cc2c(-c3ccc(C(C)CC)cc3)cccc2[cH-]1.CCCc1cc2c(-c3ccc(C(C)CC)cc3)cccc2[cH-]1.C[Si]C.[Cl][Zr+2][Cl]. The van der Waals surface area contributed by atoms with Gasteiger partial charge in [-0.1, -0.05) is 139 Å². The zero-order valence-electron chi connectivity index (χ0n) is 31.5. The number of fused-ring (bicyclic) bond motifs is 2. The molecule has 0 heterocycles. The third kappa shape index (κ3) is 11.9. The molecule has 262 valence electrons. The molecule has 0 spiro atoms. The minimum absolute atomic E-state index is 0.639. The van der Waals surface area contributed by atoms with Crippen molar-refractivity contribution in [1.82, 2.24) is 0 Å². The molecule has 6 aromatic carbocycles. The molecule has 6 aromatic rings. The van der Waals surface area contributed by atoms with E-state index in [4.69, 9.17) is 17.0 Å². The molecule has 0 saturated heterocycles. The van der Waals surface area contributed by atoms with E-state index < -0.39 is 20.8 Å². The first-order valence-corrected chi connectivity index (χ1v) is 26.7. The molecule has 2 atom stereocenters. The Bertz CT molecular complexity index is 1680. The van der Waals surface area contributed by atoms with Crippen LogP contribution in [0.25, 0.3) is 43.8 Å². The average molecular weight is 799 g/mol. The van der Waals surface area contributed by atoms with E-state index in [2.05, 4.69) is 164 Å². The van der Waals surface area contributed by atoms with E-state index in [-0.39, 0.29) is 0 Å². The topological polar surface area (TPSA) is 0 Å². The molecule has 0 aliphatic heterocycles. The van der Waals surface area contributed by atoms with Crippen LogP contribution in [0.15, 0.2) is 109 Å². The Hall–Kier alpha value is -2.22. The zero-order valence-corrected chi connectivity index (χ0v) is 36.5.